The lowest BCUT2D eigenvalue weighted by molar-refractivity contribution is -0.167. The van der Waals surface area contributed by atoms with Crippen LogP contribution in [-0.2, 0) is 14.3 Å². The normalized spacial score (nSPS) is 21.1. The van der Waals surface area contributed by atoms with Gasteiger partial charge in [0.1, 0.15) is 5.60 Å². The van der Waals surface area contributed by atoms with Gasteiger partial charge in [0, 0.05) is 19.1 Å². The summed E-state index contributed by atoms with van der Waals surface area (Å²) in [6.45, 7) is 6.17. The van der Waals surface area contributed by atoms with E-state index < -0.39 is 0 Å². The van der Waals surface area contributed by atoms with Crippen molar-refractivity contribution in [1.29, 1.82) is 0 Å². The van der Waals surface area contributed by atoms with Crippen molar-refractivity contribution >= 4 is 5.97 Å². The minimum absolute atomic E-state index is 0.238. The van der Waals surface area contributed by atoms with E-state index in [0.29, 0.717) is 6.61 Å². The van der Waals surface area contributed by atoms with Crippen LogP contribution in [0.3, 0.4) is 0 Å². The smallest absolute Gasteiger partial charge is 0.330 e. The van der Waals surface area contributed by atoms with E-state index in [1.165, 1.54) is 12.5 Å². The molecule has 0 N–H and O–H groups in total. The Kier molecular flexibility index (Phi) is 5.00. The maximum Gasteiger partial charge on any atom is 0.330 e. The third-order valence-electron chi connectivity index (χ3n) is 3.49. The van der Waals surface area contributed by atoms with E-state index >= 15 is 0 Å². The van der Waals surface area contributed by atoms with Crippen LogP contribution in [0.25, 0.3) is 0 Å². The van der Waals surface area contributed by atoms with Crippen LogP contribution in [0, 0.1) is 5.92 Å². The van der Waals surface area contributed by atoms with Crippen molar-refractivity contribution in [2.75, 3.05) is 13.7 Å². The van der Waals surface area contributed by atoms with Crippen LogP contribution < -0.4 is 0 Å². The number of carbonyl (C=O) groups is 1. The first kappa shape index (κ1) is 13.2. The van der Waals surface area contributed by atoms with Crippen molar-refractivity contribution < 1.29 is 14.3 Å². The van der Waals surface area contributed by atoms with Gasteiger partial charge in [-0.25, -0.2) is 4.79 Å². The quantitative estimate of drug-likeness (QED) is 0.534. The monoisotopic (exact) mass is 226 g/mol. The topological polar surface area (TPSA) is 35.5 Å². The molecule has 1 rings (SSSR count). The van der Waals surface area contributed by atoms with Gasteiger partial charge in [0.25, 0.3) is 0 Å². The Morgan fingerprint density at radius 3 is 2.56 bits per heavy atom. The summed E-state index contributed by atoms with van der Waals surface area (Å²) in [6.07, 6.45) is 6.61. The largest absolute Gasteiger partial charge is 0.456 e. The van der Waals surface area contributed by atoms with Gasteiger partial charge in [-0.15, -0.1) is 0 Å². The molecule has 0 aromatic rings. The number of rotatable bonds is 5. The first-order valence-electron chi connectivity index (χ1n) is 5.99. The highest BCUT2D eigenvalue weighted by molar-refractivity contribution is 5.81. The molecule has 0 heterocycles. The molecule has 0 aromatic heterocycles. The predicted molar refractivity (Wildman–Crippen MR) is 63.1 cm³/mol. The summed E-state index contributed by atoms with van der Waals surface area (Å²) < 4.78 is 10.8. The van der Waals surface area contributed by atoms with E-state index in [1.807, 2.05) is 0 Å². The summed E-state index contributed by atoms with van der Waals surface area (Å²) >= 11 is 0. The van der Waals surface area contributed by atoms with Crippen molar-refractivity contribution in [2.24, 2.45) is 5.92 Å². The molecule has 0 bridgehead atoms. The molecule has 16 heavy (non-hydrogen) atoms. The lowest BCUT2D eigenvalue weighted by Gasteiger charge is -2.41. The van der Waals surface area contributed by atoms with Crippen LogP contribution in [0.15, 0.2) is 12.7 Å². The molecule has 1 fully saturated rings. The van der Waals surface area contributed by atoms with Gasteiger partial charge in [-0.3, -0.25) is 0 Å². The summed E-state index contributed by atoms with van der Waals surface area (Å²) in [6, 6.07) is 0. The molecule has 1 aliphatic rings. The number of methoxy groups -OCH3 is 1. The van der Waals surface area contributed by atoms with Crippen LogP contribution >= 0.6 is 0 Å². The Morgan fingerprint density at radius 2 is 2.06 bits per heavy atom. The van der Waals surface area contributed by atoms with Gasteiger partial charge in [-0.05, 0) is 25.7 Å². The molecular weight excluding hydrogens is 204 g/mol. The Labute approximate surface area is 97.8 Å². The van der Waals surface area contributed by atoms with Gasteiger partial charge < -0.3 is 9.47 Å². The highest BCUT2D eigenvalue weighted by atomic mass is 16.6. The summed E-state index contributed by atoms with van der Waals surface area (Å²) in [5.41, 5.74) is -0.334. The maximum atomic E-state index is 11.4. The van der Waals surface area contributed by atoms with Gasteiger partial charge in [0.05, 0.1) is 6.61 Å². The fraction of sp³-hybridized carbons (Fsp3) is 0.769. The first-order chi connectivity index (χ1) is 7.64. The first-order valence-corrected chi connectivity index (χ1v) is 5.99. The van der Waals surface area contributed by atoms with E-state index in [-0.39, 0.29) is 17.5 Å². The highest BCUT2D eigenvalue weighted by Gasteiger charge is 2.40. The second kappa shape index (κ2) is 6.04. The molecule has 0 spiro atoms. The standard InChI is InChI=1S/C13H22O3/c1-4-12(14)16-13(11(2)10-15-3)8-6-5-7-9-13/h4,11H,1,5-10H2,2-3H3. The molecule has 3 heteroatoms. The SMILES string of the molecule is C=CC(=O)OC1(C(C)COC)CCCCC1. The maximum absolute atomic E-state index is 11.4. The van der Waals surface area contributed by atoms with Crippen LogP contribution in [0.5, 0.6) is 0 Å². The van der Waals surface area contributed by atoms with Crippen molar-refractivity contribution in [3.63, 3.8) is 0 Å². The Hall–Kier alpha value is -0.830. The summed E-state index contributed by atoms with van der Waals surface area (Å²) in [5.74, 6) is -0.0773. The minimum atomic E-state index is -0.334. The summed E-state index contributed by atoms with van der Waals surface area (Å²) in [7, 11) is 1.68. The van der Waals surface area contributed by atoms with Crippen molar-refractivity contribution in [2.45, 2.75) is 44.6 Å². The van der Waals surface area contributed by atoms with Gasteiger partial charge in [-0.1, -0.05) is 19.9 Å². The Morgan fingerprint density at radius 1 is 1.44 bits per heavy atom. The highest BCUT2D eigenvalue weighted by Crippen LogP contribution is 2.38. The fourth-order valence-electron chi connectivity index (χ4n) is 2.49. The summed E-state index contributed by atoms with van der Waals surface area (Å²) in [5, 5.41) is 0. The lowest BCUT2D eigenvalue weighted by atomic mass is 9.76. The van der Waals surface area contributed by atoms with Gasteiger partial charge >= 0.3 is 5.97 Å². The molecule has 0 radical (unpaired) electrons. The zero-order valence-corrected chi connectivity index (χ0v) is 10.3. The number of hydrogen-bond acceptors (Lipinski definition) is 3. The average molecular weight is 226 g/mol. The lowest BCUT2D eigenvalue weighted by Crippen LogP contribution is -2.44. The number of esters is 1. The van der Waals surface area contributed by atoms with Crippen LogP contribution in [0.2, 0.25) is 0 Å². The molecule has 0 saturated heterocycles. The third-order valence-corrected chi connectivity index (χ3v) is 3.49. The zero-order chi connectivity index (χ0) is 12.0. The third kappa shape index (κ3) is 3.08. The molecular formula is C13H22O3. The molecule has 92 valence electrons. The Balaban J connectivity index is 2.73. The summed E-state index contributed by atoms with van der Waals surface area (Å²) in [4.78, 5) is 11.4. The number of ether oxygens (including phenoxy) is 2. The van der Waals surface area contributed by atoms with Crippen molar-refractivity contribution in [3.05, 3.63) is 12.7 Å². The Bertz CT molecular complexity index is 242. The van der Waals surface area contributed by atoms with Crippen molar-refractivity contribution in [1.82, 2.24) is 0 Å². The fourth-order valence-corrected chi connectivity index (χ4v) is 2.49. The van der Waals surface area contributed by atoms with E-state index in [9.17, 15) is 4.79 Å². The molecule has 1 saturated carbocycles. The van der Waals surface area contributed by atoms with Crippen LogP contribution in [0.4, 0.5) is 0 Å². The van der Waals surface area contributed by atoms with Gasteiger partial charge in [-0.2, -0.15) is 0 Å². The molecule has 1 atom stereocenters. The second-order valence-corrected chi connectivity index (χ2v) is 4.61. The van der Waals surface area contributed by atoms with Crippen LogP contribution in [-0.4, -0.2) is 25.3 Å². The predicted octanol–water partition coefficient (Wildman–Crippen LogP) is 2.70. The average Bonchev–Trinajstić information content (AvgIpc) is 2.30. The van der Waals surface area contributed by atoms with Crippen molar-refractivity contribution in [3.8, 4) is 0 Å². The zero-order valence-electron chi connectivity index (χ0n) is 10.3. The van der Waals surface area contributed by atoms with E-state index in [0.717, 1.165) is 25.7 Å². The van der Waals surface area contributed by atoms with Gasteiger partial charge in [0.2, 0.25) is 0 Å². The molecule has 0 aromatic carbocycles. The minimum Gasteiger partial charge on any atom is -0.456 e. The van der Waals surface area contributed by atoms with Gasteiger partial charge in [0.15, 0.2) is 0 Å². The molecule has 1 unspecified atom stereocenters. The molecule has 3 nitrogen and oxygen atoms in total. The number of carbonyl (C=O) groups excluding carboxylic acids is 1. The number of hydrogen-bond donors (Lipinski definition) is 0. The molecule has 0 aliphatic heterocycles. The molecule has 0 amide bonds. The second-order valence-electron chi connectivity index (χ2n) is 4.61. The van der Waals surface area contributed by atoms with E-state index in [4.69, 9.17) is 9.47 Å². The van der Waals surface area contributed by atoms with E-state index in [1.54, 1.807) is 7.11 Å². The molecule has 1 aliphatic carbocycles. The van der Waals surface area contributed by atoms with E-state index in [2.05, 4.69) is 13.5 Å². The van der Waals surface area contributed by atoms with Crippen LogP contribution in [0.1, 0.15) is 39.0 Å².